The van der Waals surface area contributed by atoms with E-state index in [1.165, 1.54) is 0 Å². The highest BCUT2D eigenvalue weighted by molar-refractivity contribution is 6.14. The number of aromatic nitrogens is 1. The lowest BCUT2D eigenvalue weighted by molar-refractivity contribution is -0.148. The summed E-state index contributed by atoms with van der Waals surface area (Å²) < 4.78 is 17.0. The van der Waals surface area contributed by atoms with Crippen molar-refractivity contribution in [2.75, 3.05) is 19.1 Å². The van der Waals surface area contributed by atoms with Gasteiger partial charge < -0.3 is 24.8 Å². The van der Waals surface area contributed by atoms with Crippen LogP contribution in [0.4, 0.5) is 5.69 Å². The van der Waals surface area contributed by atoms with Gasteiger partial charge in [-0.3, -0.25) is 14.6 Å². The summed E-state index contributed by atoms with van der Waals surface area (Å²) in [6.07, 6.45) is 5.58. The predicted molar refractivity (Wildman–Crippen MR) is 134 cm³/mol. The topological polar surface area (TPSA) is 104 Å². The molecule has 4 saturated carbocycles. The molecule has 7 rings (SSSR count). The van der Waals surface area contributed by atoms with E-state index < -0.39 is 11.3 Å². The first-order valence-electron chi connectivity index (χ1n) is 12.2. The Kier molecular flexibility index (Phi) is 4.78. The van der Waals surface area contributed by atoms with Crippen LogP contribution in [0.25, 0.3) is 10.9 Å². The van der Waals surface area contributed by atoms with E-state index >= 15 is 0 Å². The first kappa shape index (κ1) is 22.6. The van der Waals surface area contributed by atoms with Gasteiger partial charge in [0, 0.05) is 28.9 Å². The van der Waals surface area contributed by atoms with Crippen LogP contribution >= 0.6 is 0 Å². The molecule has 1 heterocycles. The molecule has 2 amide bonds. The fourth-order valence-electron chi connectivity index (χ4n) is 6.30. The van der Waals surface area contributed by atoms with E-state index in [1.54, 1.807) is 26.5 Å². The molecule has 0 spiro atoms. The second kappa shape index (κ2) is 7.59. The number of benzene rings is 2. The Hall–Kier alpha value is -3.81. The molecule has 0 atom stereocenters. The maximum Gasteiger partial charge on any atom is 0.243 e. The smallest absolute Gasteiger partial charge is 0.243 e. The summed E-state index contributed by atoms with van der Waals surface area (Å²) in [5, 5.41) is 0.787. The summed E-state index contributed by atoms with van der Waals surface area (Å²) in [4.78, 5) is 32.1. The highest BCUT2D eigenvalue weighted by Gasteiger charge is 2.71. The molecule has 2 bridgehead atoms. The molecule has 2 aromatic carbocycles. The van der Waals surface area contributed by atoms with E-state index in [2.05, 4.69) is 11.9 Å². The largest absolute Gasteiger partial charge is 0.493 e. The van der Waals surface area contributed by atoms with E-state index in [0.717, 1.165) is 35.9 Å². The van der Waals surface area contributed by atoms with Crippen LogP contribution in [0.2, 0.25) is 0 Å². The van der Waals surface area contributed by atoms with Gasteiger partial charge in [-0.05, 0) is 73.9 Å². The summed E-state index contributed by atoms with van der Waals surface area (Å²) in [7, 11) is 3.17. The molecule has 2 N–H and O–H groups in total. The maximum absolute atomic E-state index is 13.6. The number of carbonyl (C=O) groups excluding carboxylic acids is 2. The average molecular weight is 488 g/mol. The van der Waals surface area contributed by atoms with Crippen molar-refractivity contribution in [1.29, 1.82) is 0 Å². The van der Waals surface area contributed by atoms with Crippen LogP contribution in [-0.2, 0) is 9.59 Å². The number of ether oxygens (including phenoxy) is 3. The molecule has 36 heavy (non-hydrogen) atoms. The predicted octanol–water partition coefficient (Wildman–Crippen LogP) is 4.59. The van der Waals surface area contributed by atoms with Crippen LogP contribution in [0.3, 0.4) is 0 Å². The molecule has 4 fully saturated rings. The molecule has 4 aliphatic carbocycles. The number of anilines is 1. The molecule has 0 radical (unpaired) electrons. The molecule has 0 unspecified atom stereocenters. The third kappa shape index (κ3) is 3.23. The Morgan fingerprint density at radius 2 is 1.58 bits per heavy atom. The molecular weight excluding hydrogens is 458 g/mol. The second-order valence-electron chi connectivity index (χ2n) is 10.8. The van der Waals surface area contributed by atoms with Crippen LogP contribution in [0.1, 0.15) is 39.0 Å². The zero-order valence-electron chi connectivity index (χ0n) is 20.7. The van der Waals surface area contributed by atoms with E-state index in [0.29, 0.717) is 41.3 Å². The molecule has 186 valence electrons. The van der Waals surface area contributed by atoms with Crippen molar-refractivity contribution >= 4 is 28.4 Å². The lowest BCUT2D eigenvalue weighted by Crippen LogP contribution is -2.76. The van der Waals surface area contributed by atoms with Crippen LogP contribution in [0, 0.1) is 10.8 Å². The summed E-state index contributed by atoms with van der Waals surface area (Å²) in [5.74, 6) is 1.74. The Labute approximate surface area is 209 Å². The Balaban J connectivity index is 1.30. The molecule has 0 aliphatic heterocycles. The second-order valence-corrected chi connectivity index (χ2v) is 10.8. The molecule has 8 nitrogen and oxygen atoms in total. The van der Waals surface area contributed by atoms with Crippen LogP contribution in [0.5, 0.6) is 23.0 Å². The SMILES string of the molecule is COc1cc2nccc(Oc3ccc(N(C(=O)C4(C(N)=O)CC4)C45CC(C)(C4)C5)cc3)c2cc1OC. The molecule has 8 heteroatoms. The number of nitrogens with zero attached hydrogens (tertiary/aromatic N) is 2. The minimum absolute atomic E-state index is 0.161. The number of carbonyl (C=O) groups is 2. The first-order chi connectivity index (χ1) is 17.2. The Bertz CT molecular complexity index is 1380. The van der Waals surface area contributed by atoms with Crippen LogP contribution < -0.4 is 24.8 Å². The summed E-state index contributed by atoms with van der Waals surface area (Å²) >= 11 is 0. The zero-order valence-corrected chi connectivity index (χ0v) is 20.7. The van der Waals surface area contributed by atoms with Crippen molar-refractivity contribution in [1.82, 2.24) is 4.98 Å². The highest BCUT2D eigenvalue weighted by atomic mass is 16.5. The monoisotopic (exact) mass is 487 g/mol. The van der Waals surface area contributed by atoms with E-state index in [9.17, 15) is 9.59 Å². The van der Waals surface area contributed by atoms with Gasteiger partial charge in [0.2, 0.25) is 11.8 Å². The van der Waals surface area contributed by atoms with E-state index in [-0.39, 0.29) is 11.4 Å². The van der Waals surface area contributed by atoms with Gasteiger partial charge in [0.1, 0.15) is 16.9 Å². The Morgan fingerprint density at radius 1 is 0.944 bits per heavy atom. The number of hydrogen-bond acceptors (Lipinski definition) is 6. The fourth-order valence-corrected chi connectivity index (χ4v) is 6.30. The van der Waals surface area contributed by atoms with Crippen molar-refractivity contribution in [3.63, 3.8) is 0 Å². The molecule has 3 aromatic rings. The van der Waals surface area contributed by atoms with Crippen molar-refractivity contribution in [2.45, 2.75) is 44.6 Å². The quantitative estimate of drug-likeness (QED) is 0.466. The minimum Gasteiger partial charge on any atom is -0.493 e. The molecule has 0 saturated heterocycles. The van der Waals surface area contributed by atoms with Gasteiger partial charge in [0.05, 0.1) is 19.7 Å². The minimum atomic E-state index is -1.05. The van der Waals surface area contributed by atoms with Gasteiger partial charge in [-0.2, -0.15) is 0 Å². The van der Waals surface area contributed by atoms with E-state index in [4.69, 9.17) is 19.9 Å². The fraction of sp³-hybridized carbons (Fsp3) is 0.393. The Morgan fingerprint density at radius 3 is 2.14 bits per heavy atom. The van der Waals surface area contributed by atoms with E-state index in [1.807, 2.05) is 41.3 Å². The van der Waals surface area contributed by atoms with Gasteiger partial charge in [0.25, 0.3) is 0 Å². The standard InChI is InChI=1S/C28H29N3O5/c1-26-14-27(15-26,16-26)31(25(33)28(9-10-28)24(29)32)17-4-6-18(7-5-17)36-21-8-11-30-20-13-23(35-3)22(34-2)12-19(20)21/h4-8,11-13H,9-10,14-16H2,1-3H3,(H2,29,32). The third-order valence-electron chi connectivity index (χ3n) is 8.11. The van der Waals surface area contributed by atoms with Crippen molar-refractivity contribution in [3.05, 3.63) is 48.7 Å². The summed E-state index contributed by atoms with van der Waals surface area (Å²) in [6, 6.07) is 12.9. The summed E-state index contributed by atoms with van der Waals surface area (Å²) in [6.45, 7) is 2.25. The van der Waals surface area contributed by atoms with Gasteiger partial charge >= 0.3 is 0 Å². The maximum atomic E-state index is 13.6. The third-order valence-corrected chi connectivity index (χ3v) is 8.11. The summed E-state index contributed by atoms with van der Waals surface area (Å²) in [5.41, 5.74) is 6.18. The van der Waals surface area contributed by atoms with Crippen LogP contribution in [0.15, 0.2) is 48.7 Å². The van der Waals surface area contributed by atoms with Gasteiger partial charge in [-0.25, -0.2) is 0 Å². The van der Waals surface area contributed by atoms with Gasteiger partial charge in [-0.1, -0.05) is 6.92 Å². The number of fused-ring (bicyclic) bond motifs is 1. The normalized spacial score (nSPS) is 24.8. The van der Waals surface area contributed by atoms with Crippen LogP contribution in [-0.4, -0.2) is 36.6 Å². The van der Waals surface area contributed by atoms with Crippen molar-refractivity contribution < 1.29 is 23.8 Å². The first-order valence-corrected chi connectivity index (χ1v) is 12.2. The lowest BCUT2D eigenvalue weighted by Gasteiger charge is -2.73. The number of rotatable bonds is 8. The lowest BCUT2D eigenvalue weighted by atomic mass is 9.39. The number of hydrogen-bond donors (Lipinski definition) is 1. The van der Waals surface area contributed by atoms with Crippen molar-refractivity contribution in [2.24, 2.45) is 16.6 Å². The number of nitrogens with two attached hydrogens (primary N) is 1. The number of primary amides is 1. The molecular formula is C28H29N3O5. The zero-order chi connectivity index (χ0) is 25.3. The van der Waals surface area contributed by atoms with Gasteiger partial charge in [-0.15, -0.1) is 0 Å². The number of amides is 2. The molecule has 4 aliphatic rings. The molecule has 1 aromatic heterocycles. The average Bonchev–Trinajstić information content (AvgIpc) is 3.65. The van der Waals surface area contributed by atoms with Gasteiger partial charge in [0.15, 0.2) is 11.5 Å². The number of pyridine rings is 1. The highest BCUT2D eigenvalue weighted by Crippen LogP contribution is 2.71. The van der Waals surface area contributed by atoms with Crippen molar-refractivity contribution in [3.8, 4) is 23.0 Å². The number of methoxy groups -OCH3 is 2.